The third kappa shape index (κ3) is 4.40. The van der Waals surface area contributed by atoms with Gasteiger partial charge in [-0.05, 0) is 42.8 Å². The second kappa shape index (κ2) is 7.58. The van der Waals surface area contributed by atoms with Crippen molar-refractivity contribution in [3.63, 3.8) is 0 Å². The fourth-order valence-corrected chi connectivity index (χ4v) is 3.80. The van der Waals surface area contributed by atoms with E-state index in [0.717, 1.165) is 11.6 Å². The van der Waals surface area contributed by atoms with Crippen LogP contribution in [0.5, 0.6) is 0 Å². The van der Waals surface area contributed by atoms with E-state index in [0.29, 0.717) is 5.69 Å². The molecule has 27 heavy (non-hydrogen) atoms. The van der Waals surface area contributed by atoms with E-state index in [1.54, 1.807) is 18.2 Å². The van der Waals surface area contributed by atoms with Crippen molar-refractivity contribution in [3.8, 4) is 0 Å². The normalized spacial score (nSPS) is 16.7. The van der Waals surface area contributed by atoms with Crippen molar-refractivity contribution >= 4 is 39.3 Å². The van der Waals surface area contributed by atoms with E-state index in [4.69, 9.17) is 21.1 Å². The molecule has 1 N–H and O–H groups in total. The zero-order chi connectivity index (χ0) is 19.6. The number of carbonyl (C=O) groups excluding carboxylic acids is 2. The minimum absolute atomic E-state index is 0.0147. The molecule has 9 heteroatoms. The summed E-state index contributed by atoms with van der Waals surface area (Å²) in [6, 6.07) is 10.5. The van der Waals surface area contributed by atoms with Crippen LogP contribution in [0.1, 0.15) is 22.3 Å². The number of rotatable bonds is 5. The summed E-state index contributed by atoms with van der Waals surface area (Å²) in [4.78, 5) is 23.6. The average Bonchev–Trinajstić information content (AvgIpc) is 2.99. The van der Waals surface area contributed by atoms with Crippen LogP contribution in [0.4, 0.5) is 5.69 Å². The first-order valence-electron chi connectivity index (χ1n) is 8.03. The van der Waals surface area contributed by atoms with Crippen LogP contribution in [0.2, 0.25) is 5.02 Å². The van der Waals surface area contributed by atoms with Crippen molar-refractivity contribution in [2.45, 2.75) is 24.3 Å². The van der Waals surface area contributed by atoms with Crippen LogP contribution in [0.15, 0.2) is 47.4 Å². The van der Waals surface area contributed by atoms with Crippen LogP contribution >= 0.6 is 11.6 Å². The predicted octanol–water partition coefficient (Wildman–Crippen LogP) is 2.92. The summed E-state index contributed by atoms with van der Waals surface area (Å²) in [7, 11) is -3.95. The quantitative estimate of drug-likeness (QED) is 0.762. The Kier molecular flexibility index (Phi) is 5.38. The number of nitrogens with one attached hydrogen (secondary N) is 1. The minimum atomic E-state index is -3.95. The third-order valence-electron chi connectivity index (χ3n) is 3.87. The van der Waals surface area contributed by atoms with E-state index in [9.17, 15) is 18.0 Å². The zero-order valence-corrected chi connectivity index (χ0v) is 15.8. The smallest absolute Gasteiger partial charge is 0.347 e. The van der Waals surface area contributed by atoms with Crippen molar-refractivity contribution in [2.24, 2.45) is 0 Å². The molecule has 142 valence electrons. The molecule has 1 fully saturated rings. The molecule has 0 aliphatic carbocycles. The second-order valence-electron chi connectivity index (χ2n) is 5.97. The molecule has 0 aromatic heterocycles. The highest BCUT2D eigenvalue weighted by molar-refractivity contribution is 7.92. The molecule has 0 saturated carbocycles. The summed E-state index contributed by atoms with van der Waals surface area (Å²) in [5.41, 5.74) is 1.13. The Morgan fingerprint density at radius 2 is 2.04 bits per heavy atom. The maximum absolute atomic E-state index is 12.6. The van der Waals surface area contributed by atoms with Gasteiger partial charge in [0.15, 0.2) is 0 Å². The van der Waals surface area contributed by atoms with Crippen LogP contribution in [0.3, 0.4) is 0 Å². The van der Waals surface area contributed by atoms with Gasteiger partial charge < -0.3 is 9.47 Å². The molecule has 2 aromatic carbocycles. The summed E-state index contributed by atoms with van der Waals surface area (Å²) in [5, 5.41) is 0.0147. The number of aryl methyl sites for hydroxylation is 1. The number of sulfonamides is 1. The van der Waals surface area contributed by atoms with Gasteiger partial charge in [0.2, 0.25) is 6.10 Å². The van der Waals surface area contributed by atoms with Gasteiger partial charge in [-0.2, -0.15) is 0 Å². The van der Waals surface area contributed by atoms with Crippen molar-refractivity contribution in [3.05, 3.63) is 58.6 Å². The molecule has 7 nitrogen and oxygen atoms in total. The van der Waals surface area contributed by atoms with E-state index < -0.39 is 28.1 Å². The minimum Gasteiger partial charge on any atom is -0.463 e. The molecule has 0 unspecified atom stereocenters. The van der Waals surface area contributed by atoms with E-state index in [-0.39, 0.29) is 28.5 Å². The molecular formula is C18H16ClNO6S. The van der Waals surface area contributed by atoms with Crippen LogP contribution in [-0.4, -0.2) is 33.1 Å². The van der Waals surface area contributed by atoms with Gasteiger partial charge in [0.1, 0.15) is 0 Å². The summed E-state index contributed by atoms with van der Waals surface area (Å²) in [6.45, 7) is 2.00. The van der Waals surface area contributed by atoms with Crippen LogP contribution in [-0.2, 0) is 24.3 Å². The number of ether oxygens (including phenoxy) is 2. The number of hydrogen-bond acceptors (Lipinski definition) is 6. The number of halogens is 1. The first-order chi connectivity index (χ1) is 12.8. The Bertz CT molecular complexity index is 1000. The molecule has 1 aliphatic heterocycles. The Morgan fingerprint density at radius 3 is 2.70 bits per heavy atom. The number of benzene rings is 2. The van der Waals surface area contributed by atoms with Gasteiger partial charge >= 0.3 is 11.9 Å². The molecule has 3 rings (SSSR count). The standard InChI is InChI=1S/C18H16ClNO6S/c1-11-3-2-4-12(9-11)20-27(23,24)13-5-6-15(19)14(10-13)17(21)26-16-7-8-25-18(16)22/h2-6,9-10,16,20H,7-8H2,1H3/t16-/m0/s1. The Morgan fingerprint density at radius 1 is 1.26 bits per heavy atom. The van der Waals surface area contributed by atoms with Gasteiger partial charge in [0.05, 0.1) is 22.1 Å². The van der Waals surface area contributed by atoms with Crippen molar-refractivity contribution < 1.29 is 27.5 Å². The lowest BCUT2D eigenvalue weighted by Crippen LogP contribution is -2.23. The van der Waals surface area contributed by atoms with E-state index in [1.165, 1.54) is 12.1 Å². The molecule has 2 aromatic rings. The monoisotopic (exact) mass is 409 g/mol. The molecule has 1 saturated heterocycles. The van der Waals surface area contributed by atoms with Crippen molar-refractivity contribution in [2.75, 3.05) is 11.3 Å². The molecular weight excluding hydrogens is 394 g/mol. The lowest BCUT2D eigenvalue weighted by molar-refractivity contribution is -0.145. The first kappa shape index (κ1) is 19.2. The van der Waals surface area contributed by atoms with Gasteiger partial charge in [-0.3, -0.25) is 4.72 Å². The van der Waals surface area contributed by atoms with Gasteiger partial charge in [0, 0.05) is 12.1 Å². The lowest BCUT2D eigenvalue weighted by Gasteiger charge is -2.12. The van der Waals surface area contributed by atoms with Crippen LogP contribution in [0.25, 0.3) is 0 Å². The van der Waals surface area contributed by atoms with Gasteiger partial charge in [-0.25, -0.2) is 18.0 Å². The average molecular weight is 410 g/mol. The number of carbonyl (C=O) groups is 2. The molecule has 0 spiro atoms. The number of anilines is 1. The van der Waals surface area contributed by atoms with E-state index in [1.807, 2.05) is 13.0 Å². The van der Waals surface area contributed by atoms with Crippen molar-refractivity contribution in [1.82, 2.24) is 0 Å². The molecule has 0 amide bonds. The fraction of sp³-hybridized carbons (Fsp3) is 0.222. The number of esters is 2. The molecule has 1 atom stereocenters. The van der Waals surface area contributed by atoms with Gasteiger partial charge in [0.25, 0.3) is 10.0 Å². The Labute approximate surface area is 161 Å². The first-order valence-corrected chi connectivity index (χ1v) is 9.89. The molecule has 1 heterocycles. The lowest BCUT2D eigenvalue weighted by atomic mass is 10.2. The SMILES string of the molecule is Cc1cccc(NS(=O)(=O)c2ccc(Cl)c(C(=O)O[C@H]3CCOC3=O)c2)c1. The summed E-state index contributed by atoms with van der Waals surface area (Å²) < 4.78 is 37.5. The zero-order valence-electron chi connectivity index (χ0n) is 14.3. The summed E-state index contributed by atoms with van der Waals surface area (Å²) >= 11 is 6.01. The van der Waals surface area contributed by atoms with Crippen LogP contribution in [0, 0.1) is 6.92 Å². The highest BCUT2D eigenvalue weighted by Crippen LogP contribution is 2.24. The maximum atomic E-state index is 12.6. The largest absolute Gasteiger partial charge is 0.463 e. The van der Waals surface area contributed by atoms with E-state index in [2.05, 4.69) is 4.72 Å². The summed E-state index contributed by atoms with van der Waals surface area (Å²) in [5.74, 6) is -1.53. The van der Waals surface area contributed by atoms with Gasteiger partial charge in [-0.15, -0.1) is 0 Å². The highest BCUT2D eigenvalue weighted by atomic mass is 35.5. The highest BCUT2D eigenvalue weighted by Gasteiger charge is 2.31. The van der Waals surface area contributed by atoms with E-state index >= 15 is 0 Å². The number of cyclic esters (lactones) is 1. The fourth-order valence-electron chi connectivity index (χ4n) is 2.53. The predicted molar refractivity (Wildman–Crippen MR) is 98.2 cm³/mol. The summed E-state index contributed by atoms with van der Waals surface area (Å²) in [6.07, 6.45) is -0.769. The van der Waals surface area contributed by atoms with Crippen molar-refractivity contribution in [1.29, 1.82) is 0 Å². The van der Waals surface area contributed by atoms with Crippen LogP contribution < -0.4 is 4.72 Å². The second-order valence-corrected chi connectivity index (χ2v) is 8.06. The molecule has 0 radical (unpaired) electrons. The van der Waals surface area contributed by atoms with Gasteiger partial charge in [-0.1, -0.05) is 23.7 Å². The number of hydrogen-bond donors (Lipinski definition) is 1. The molecule has 1 aliphatic rings. The topological polar surface area (TPSA) is 98.8 Å². The maximum Gasteiger partial charge on any atom is 0.347 e. The Hall–Kier alpha value is -2.58. The Balaban J connectivity index is 1.85. The molecule has 0 bridgehead atoms. The third-order valence-corrected chi connectivity index (χ3v) is 5.58.